The normalized spacial score (nSPS) is 14.2. The predicted octanol–water partition coefficient (Wildman–Crippen LogP) is 3.82. The number of ether oxygens (including phenoxy) is 3. The van der Waals surface area contributed by atoms with Crippen LogP contribution in [0.2, 0.25) is 0 Å². The fraction of sp³-hybridized carbons (Fsp3) is 0.714. The van der Waals surface area contributed by atoms with Crippen molar-refractivity contribution in [3.05, 3.63) is 23.8 Å². The smallest absolute Gasteiger partial charge is 0.341 e. The minimum atomic E-state index is -1.06. The van der Waals surface area contributed by atoms with Crippen LogP contribution in [0.5, 0.6) is 11.5 Å². The second kappa shape index (κ2) is 19.9. The summed E-state index contributed by atoms with van der Waals surface area (Å²) in [6, 6.07) is 5.05. The van der Waals surface area contributed by atoms with Gasteiger partial charge in [0, 0.05) is 38.6 Å². The Hall–Kier alpha value is -2.07. The molecule has 0 saturated heterocycles. The lowest BCUT2D eigenvalue weighted by atomic mass is 9.82. The molecule has 1 aromatic carbocycles. The van der Waals surface area contributed by atoms with Gasteiger partial charge in [0.25, 0.3) is 0 Å². The number of aliphatic hydroxyl groups excluding tert-OH is 1. The molecule has 1 aromatic rings. The number of amides is 1. The lowest BCUT2D eigenvalue weighted by Gasteiger charge is -2.28. The van der Waals surface area contributed by atoms with E-state index in [1.54, 1.807) is 13.2 Å². The third-order valence-corrected chi connectivity index (χ3v) is 6.49. The van der Waals surface area contributed by atoms with Crippen molar-refractivity contribution in [3.8, 4) is 11.5 Å². The summed E-state index contributed by atoms with van der Waals surface area (Å²) in [6.45, 7) is 9.30. The molecule has 0 aliphatic heterocycles. The highest BCUT2D eigenvalue weighted by Gasteiger charge is 2.26. The number of nitrogens with one attached hydrogen (secondary N) is 1. The van der Waals surface area contributed by atoms with Crippen molar-refractivity contribution < 1.29 is 34.0 Å². The summed E-state index contributed by atoms with van der Waals surface area (Å²) in [7, 11) is 1.62. The number of aliphatic carboxylic acids is 1. The van der Waals surface area contributed by atoms with Crippen LogP contribution < -0.4 is 20.5 Å². The molecule has 0 radical (unpaired) electrons. The number of benzene rings is 1. The Kier molecular flexibility index (Phi) is 18.8. The SMILES string of the molecule is CCCCNC(=O)[C@H](C)C[C@H](O)[C@@H](N)C[C@H](Cc1ccc(OCC(=O)O)c(OCCCOC)c1)C(C)C.Cl. The van der Waals surface area contributed by atoms with Gasteiger partial charge in [-0.3, -0.25) is 4.79 Å². The lowest BCUT2D eigenvalue weighted by molar-refractivity contribution is -0.139. The Bertz CT molecular complexity index is 809. The number of hydrogen-bond donors (Lipinski definition) is 4. The number of aliphatic hydroxyl groups is 1. The molecule has 1 rings (SSSR count). The summed E-state index contributed by atoms with van der Waals surface area (Å²) < 4.78 is 16.3. The first kappa shape index (κ1) is 35.9. The number of carbonyl (C=O) groups is 2. The van der Waals surface area contributed by atoms with E-state index in [1.807, 2.05) is 19.1 Å². The van der Waals surface area contributed by atoms with E-state index in [9.17, 15) is 14.7 Å². The van der Waals surface area contributed by atoms with Gasteiger partial charge in [-0.25, -0.2) is 4.79 Å². The van der Waals surface area contributed by atoms with Crippen LogP contribution in [0.3, 0.4) is 0 Å². The van der Waals surface area contributed by atoms with Gasteiger partial charge in [0.05, 0.1) is 12.7 Å². The zero-order valence-electron chi connectivity index (χ0n) is 23.6. The molecule has 0 fully saturated rings. The second-order valence-corrected chi connectivity index (χ2v) is 10.1. The molecule has 9 nitrogen and oxygen atoms in total. The summed E-state index contributed by atoms with van der Waals surface area (Å²) >= 11 is 0. The monoisotopic (exact) mass is 560 g/mol. The molecule has 38 heavy (non-hydrogen) atoms. The van der Waals surface area contributed by atoms with Crippen molar-refractivity contribution in [3.63, 3.8) is 0 Å². The molecular weight excluding hydrogens is 512 g/mol. The van der Waals surface area contributed by atoms with E-state index in [-0.39, 0.29) is 30.2 Å². The summed E-state index contributed by atoms with van der Waals surface area (Å²) in [5, 5.41) is 22.6. The maximum absolute atomic E-state index is 12.3. The molecule has 0 aliphatic rings. The highest BCUT2D eigenvalue weighted by atomic mass is 35.5. The van der Waals surface area contributed by atoms with Crippen LogP contribution in [0.4, 0.5) is 0 Å². The molecule has 10 heteroatoms. The quantitative estimate of drug-likeness (QED) is 0.176. The van der Waals surface area contributed by atoms with Gasteiger partial charge in [-0.15, -0.1) is 12.4 Å². The number of carboxylic acid groups (broad SMARTS) is 1. The first-order valence-electron chi connectivity index (χ1n) is 13.4. The van der Waals surface area contributed by atoms with E-state index in [1.165, 1.54) is 0 Å². The Labute approximate surface area is 234 Å². The van der Waals surface area contributed by atoms with Crippen LogP contribution in [0, 0.1) is 17.8 Å². The summed E-state index contributed by atoms with van der Waals surface area (Å²) in [5.41, 5.74) is 7.41. The third-order valence-electron chi connectivity index (χ3n) is 6.49. The minimum Gasteiger partial charge on any atom is -0.490 e. The maximum Gasteiger partial charge on any atom is 0.341 e. The predicted molar refractivity (Wildman–Crippen MR) is 151 cm³/mol. The molecule has 0 heterocycles. The molecule has 0 spiro atoms. The van der Waals surface area contributed by atoms with E-state index >= 15 is 0 Å². The number of hydrogen-bond acceptors (Lipinski definition) is 7. The van der Waals surface area contributed by atoms with Gasteiger partial charge in [-0.2, -0.15) is 0 Å². The fourth-order valence-electron chi connectivity index (χ4n) is 4.04. The number of nitrogens with two attached hydrogens (primary N) is 1. The van der Waals surface area contributed by atoms with Gasteiger partial charge in [-0.1, -0.05) is 40.2 Å². The standard InChI is InChI=1S/C28H48N2O7.ClH/c1-6-7-11-30-28(34)20(4)14-24(31)23(29)17-22(19(2)3)15-21-9-10-25(37-18-27(32)33)26(16-21)36-13-8-12-35-5;/h9-10,16,19-20,22-24,31H,6-8,11-15,17-18,29H2,1-5H3,(H,30,34)(H,32,33);1H/t20-,22+,23+,24+;/m1./s1. The number of rotatable bonds is 20. The molecule has 0 saturated carbocycles. The minimum absolute atomic E-state index is 0. The number of methoxy groups -OCH3 is 1. The van der Waals surface area contributed by atoms with Gasteiger partial charge in [-0.05, 0) is 55.2 Å². The first-order valence-corrected chi connectivity index (χ1v) is 13.4. The molecule has 0 unspecified atom stereocenters. The topological polar surface area (TPSA) is 140 Å². The molecule has 1 amide bonds. The van der Waals surface area contributed by atoms with Crippen molar-refractivity contribution in [1.82, 2.24) is 5.32 Å². The number of unbranched alkanes of at least 4 members (excludes halogenated alkanes) is 1. The van der Waals surface area contributed by atoms with Crippen molar-refractivity contribution >= 4 is 24.3 Å². The van der Waals surface area contributed by atoms with Gasteiger partial charge in [0.1, 0.15) is 0 Å². The van der Waals surface area contributed by atoms with Crippen molar-refractivity contribution in [2.24, 2.45) is 23.5 Å². The Morgan fingerprint density at radius 1 is 1.05 bits per heavy atom. The van der Waals surface area contributed by atoms with E-state index in [0.29, 0.717) is 62.9 Å². The van der Waals surface area contributed by atoms with Crippen LogP contribution in [0.15, 0.2) is 18.2 Å². The fourth-order valence-corrected chi connectivity index (χ4v) is 4.04. The third kappa shape index (κ3) is 14.2. The largest absolute Gasteiger partial charge is 0.490 e. The number of halogens is 1. The van der Waals surface area contributed by atoms with E-state index in [4.69, 9.17) is 25.1 Å². The average molecular weight is 561 g/mol. The summed E-state index contributed by atoms with van der Waals surface area (Å²) in [6.07, 6.45) is 3.48. The molecule has 220 valence electrons. The maximum atomic E-state index is 12.3. The van der Waals surface area contributed by atoms with Crippen molar-refractivity contribution in [1.29, 1.82) is 0 Å². The number of carbonyl (C=O) groups excluding carboxylic acids is 1. The highest BCUT2D eigenvalue weighted by molar-refractivity contribution is 5.85. The zero-order chi connectivity index (χ0) is 27.8. The van der Waals surface area contributed by atoms with Crippen LogP contribution in [0.25, 0.3) is 0 Å². The molecule has 4 atom stereocenters. The van der Waals surface area contributed by atoms with Gasteiger partial charge < -0.3 is 35.5 Å². The molecule has 5 N–H and O–H groups in total. The molecule has 0 bridgehead atoms. The molecule has 0 aliphatic carbocycles. The Morgan fingerprint density at radius 2 is 1.76 bits per heavy atom. The first-order chi connectivity index (χ1) is 17.6. The Morgan fingerprint density at radius 3 is 2.37 bits per heavy atom. The highest BCUT2D eigenvalue weighted by Crippen LogP contribution is 2.32. The number of carboxylic acids is 1. The summed E-state index contributed by atoms with van der Waals surface area (Å²) in [4.78, 5) is 23.2. The van der Waals surface area contributed by atoms with Crippen molar-refractivity contribution in [2.45, 2.75) is 78.4 Å². The van der Waals surface area contributed by atoms with Gasteiger partial charge in [0.15, 0.2) is 18.1 Å². The van der Waals surface area contributed by atoms with E-state index in [0.717, 1.165) is 18.4 Å². The van der Waals surface area contributed by atoms with E-state index < -0.39 is 24.7 Å². The molecular formula is C28H49ClN2O7. The van der Waals surface area contributed by atoms with Crippen molar-refractivity contribution in [2.75, 3.05) is 33.5 Å². The van der Waals surface area contributed by atoms with Crippen LogP contribution in [-0.2, 0) is 20.7 Å². The molecule has 0 aromatic heterocycles. The summed E-state index contributed by atoms with van der Waals surface area (Å²) in [5.74, 6) is -0.0652. The average Bonchev–Trinajstić information content (AvgIpc) is 2.85. The van der Waals surface area contributed by atoms with Gasteiger partial charge >= 0.3 is 5.97 Å². The second-order valence-electron chi connectivity index (χ2n) is 10.1. The van der Waals surface area contributed by atoms with Crippen LogP contribution in [-0.4, -0.2) is 67.7 Å². The Balaban J connectivity index is 0.0000137. The van der Waals surface area contributed by atoms with Crippen LogP contribution in [0.1, 0.15) is 65.4 Å². The van der Waals surface area contributed by atoms with Gasteiger partial charge in [0.2, 0.25) is 5.91 Å². The van der Waals surface area contributed by atoms with Crippen LogP contribution >= 0.6 is 12.4 Å². The zero-order valence-corrected chi connectivity index (χ0v) is 24.4. The lowest BCUT2D eigenvalue weighted by Crippen LogP contribution is -2.41. The van der Waals surface area contributed by atoms with E-state index in [2.05, 4.69) is 26.1 Å².